The van der Waals surface area contributed by atoms with E-state index in [1.807, 2.05) is 0 Å². The Balaban J connectivity index is 2.96. The Kier molecular flexibility index (Phi) is 2.48. The van der Waals surface area contributed by atoms with Crippen molar-refractivity contribution in [2.45, 2.75) is 6.42 Å². The molecule has 1 rings (SSSR count). The minimum absolute atomic E-state index is 0.116. The van der Waals surface area contributed by atoms with E-state index in [1.165, 1.54) is 12.3 Å². The molecule has 0 aliphatic heterocycles. The Morgan fingerprint density at radius 2 is 2.18 bits per heavy atom. The molecule has 60 valence electrons. The summed E-state index contributed by atoms with van der Waals surface area (Å²) in [5, 5.41) is 8.43. The van der Waals surface area contributed by atoms with Crippen molar-refractivity contribution in [3.05, 3.63) is 29.6 Å². The average Bonchev–Trinajstić information content (AvgIpc) is 1.99. The van der Waals surface area contributed by atoms with Crippen molar-refractivity contribution in [3.63, 3.8) is 0 Å². The maximum Gasteiger partial charge on any atom is 0.249 e. The average molecular weight is 159 g/mol. The second-order valence-corrected chi connectivity index (χ2v) is 2.05. The topological polar surface area (TPSA) is 33.1 Å². The zero-order valence-electron chi connectivity index (χ0n) is 5.72. The molecule has 11 heavy (non-hydrogen) atoms. The summed E-state index contributed by atoms with van der Waals surface area (Å²) in [6.45, 7) is -0.194. The number of aromatic nitrogens is 1. The van der Waals surface area contributed by atoms with E-state index in [1.54, 1.807) is 0 Å². The summed E-state index contributed by atoms with van der Waals surface area (Å²) in [6, 6.07) is 1.34. The third kappa shape index (κ3) is 1.71. The van der Waals surface area contributed by atoms with E-state index < -0.39 is 11.8 Å². The molecule has 1 heterocycles. The van der Waals surface area contributed by atoms with Crippen LogP contribution in [-0.2, 0) is 6.42 Å². The summed E-state index contributed by atoms with van der Waals surface area (Å²) < 4.78 is 25.0. The van der Waals surface area contributed by atoms with Crippen molar-refractivity contribution >= 4 is 0 Å². The van der Waals surface area contributed by atoms with Crippen LogP contribution in [0.2, 0.25) is 0 Å². The molecule has 4 heteroatoms. The van der Waals surface area contributed by atoms with Gasteiger partial charge in [-0.25, -0.2) is 9.37 Å². The summed E-state index contributed by atoms with van der Waals surface area (Å²) >= 11 is 0. The summed E-state index contributed by atoms with van der Waals surface area (Å²) in [6.07, 6.45) is 1.29. The summed E-state index contributed by atoms with van der Waals surface area (Å²) in [5.41, 5.74) is 0.153. The number of hydrogen-bond acceptors (Lipinski definition) is 2. The number of rotatable bonds is 2. The van der Waals surface area contributed by atoms with Crippen LogP contribution in [-0.4, -0.2) is 16.7 Å². The fourth-order valence-corrected chi connectivity index (χ4v) is 0.769. The molecular formula is C7H7F2NO. The summed E-state index contributed by atoms with van der Waals surface area (Å²) in [4.78, 5) is 3.10. The molecule has 0 fully saturated rings. The van der Waals surface area contributed by atoms with Gasteiger partial charge < -0.3 is 5.11 Å². The molecule has 0 unspecified atom stereocenters. The number of aliphatic hydroxyl groups is 1. The second-order valence-electron chi connectivity index (χ2n) is 2.05. The van der Waals surface area contributed by atoms with Gasteiger partial charge in [0.05, 0.1) is 0 Å². The molecule has 0 radical (unpaired) electrons. The van der Waals surface area contributed by atoms with Crippen molar-refractivity contribution in [3.8, 4) is 0 Å². The zero-order chi connectivity index (χ0) is 8.27. The lowest BCUT2D eigenvalue weighted by molar-refractivity contribution is 0.296. The lowest BCUT2D eigenvalue weighted by atomic mass is 10.2. The monoisotopic (exact) mass is 159 g/mol. The Morgan fingerprint density at radius 1 is 1.45 bits per heavy atom. The number of nitrogens with zero attached hydrogens (tertiary/aromatic N) is 1. The van der Waals surface area contributed by atoms with E-state index in [2.05, 4.69) is 4.98 Å². The van der Waals surface area contributed by atoms with Crippen molar-refractivity contribution in [1.82, 2.24) is 4.98 Å². The van der Waals surface area contributed by atoms with E-state index in [0.717, 1.165) is 0 Å². The summed E-state index contributed by atoms with van der Waals surface area (Å²) in [7, 11) is 0. The van der Waals surface area contributed by atoms with Crippen LogP contribution in [0.3, 0.4) is 0 Å². The van der Waals surface area contributed by atoms with Gasteiger partial charge in [-0.15, -0.1) is 0 Å². The molecule has 0 saturated heterocycles. The maximum atomic E-state index is 12.6. The van der Waals surface area contributed by atoms with E-state index in [4.69, 9.17) is 5.11 Å². The number of pyridine rings is 1. The van der Waals surface area contributed by atoms with Crippen LogP contribution in [0, 0.1) is 11.8 Å². The van der Waals surface area contributed by atoms with Gasteiger partial charge in [-0.2, -0.15) is 4.39 Å². The van der Waals surface area contributed by atoms with Crippen LogP contribution in [0.4, 0.5) is 8.78 Å². The van der Waals surface area contributed by atoms with Crippen molar-refractivity contribution in [2.75, 3.05) is 6.61 Å². The molecule has 1 aromatic rings. The Labute approximate surface area is 62.5 Å². The predicted octanol–water partition coefficient (Wildman–Crippen LogP) is 0.895. The normalized spacial score (nSPS) is 10.1. The number of aliphatic hydroxyl groups excluding tert-OH is 1. The predicted molar refractivity (Wildman–Crippen MR) is 34.9 cm³/mol. The van der Waals surface area contributed by atoms with Crippen LogP contribution in [0.1, 0.15) is 5.56 Å². The van der Waals surface area contributed by atoms with Crippen LogP contribution in [0.25, 0.3) is 0 Å². The molecule has 0 aliphatic rings. The van der Waals surface area contributed by atoms with Crippen molar-refractivity contribution in [2.24, 2.45) is 0 Å². The van der Waals surface area contributed by atoms with Gasteiger partial charge in [0.15, 0.2) is 5.82 Å². The highest BCUT2D eigenvalue weighted by Gasteiger charge is 2.06. The van der Waals surface area contributed by atoms with Crippen molar-refractivity contribution in [1.29, 1.82) is 0 Å². The molecule has 0 aromatic carbocycles. The van der Waals surface area contributed by atoms with E-state index >= 15 is 0 Å². The third-order valence-corrected chi connectivity index (χ3v) is 1.31. The number of hydrogen-bond donors (Lipinski definition) is 1. The smallest absolute Gasteiger partial charge is 0.249 e. The second kappa shape index (κ2) is 3.39. The van der Waals surface area contributed by atoms with Crippen molar-refractivity contribution < 1.29 is 13.9 Å². The van der Waals surface area contributed by atoms with Gasteiger partial charge in [0.25, 0.3) is 0 Å². The van der Waals surface area contributed by atoms with Crippen LogP contribution < -0.4 is 0 Å². The Morgan fingerprint density at radius 3 is 2.82 bits per heavy atom. The minimum Gasteiger partial charge on any atom is -0.396 e. The van der Waals surface area contributed by atoms with Gasteiger partial charge in [0.2, 0.25) is 5.95 Å². The van der Waals surface area contributed by atoms with Gasteiger partial charge in [0, 0.05) is 12.8 Å². The van der Waals surface area contributed by atoms with Gasteiger partial charge in [-0.3, -0.25) is 0 Å². The Hall–Kier alpha value is -1.03. The molecular weight excluding hydrogens is 152 g/mol. The largest absolute Gasteiger partial charge is 0.396 e. The fraction of sp³-hybridized carbons (Fsp3) is 0.286. The van der Waals surface area contributed by atoms with E-state index in [0.29, 0.717) is 0 Å². The molecule has 0 saturated carbocycles. The summed E-state index contributed by atoms with van der Waals surface area (Å²) in [5.74, 6) is -2.09. The molecule has 0 amide bonds. The van der Waals surface area contributed by atoms with E-state index in [9.17, 15) is 8.78 Å². The van der Waals surface area contributed by atoms with Gasteiger partial charge in [-0.1, -0.05) is 0 Å². The molecule has 0 aliphatic carbocycles. The fourth-order valence-electron chi connectivity index (χ4n) is 0.769. The molecule has 1 aromatic heterocycles. The first-order chi connectivity index (χ1) is 5.25. The maximum absolute atomic E-state index is 12.6. The lowest BCUT2D eigenvalue weighted by Crippen LogP contribution is -1.99. The SMILES string of the molecule is OCCc1ccnc(F)c1F. The zero-order valence-corrected chi connectivity index (χ0v) is 5.72. The standard InChI is InChI=1S/C7H7F2NO/c8-6-5(2-4-11)1-3-10-7(6)9/h1,3,11H,2,4H2. The van der Waals surface area contributed by atoms with Crippen LogP contribution >= 0.6 is 0 Å². The first-order valence-corrected chi connectivity index (χ1v) is 3.15. The molecule has 0 spiro atoms. The highest BCUT2D eigenvalue weighted by Crippen LogP contribution is 2.08. The van der Waals surface area contributed by atoms with Crippen LogP contribution in [0.5, 0.6) is 0 Å². The Bertz CT molecular complexity index is 252. The molecule has 1 N–H and O–H groups in total. The highest BCUT2D eigenvalue weighted by molar-refractivity contribution is 5.13. The van der Waals surface area contributed by atoms with Gasteiger partial charge in [0.1, 0.15) is 0 Å². The molecule has 2 nitrogen and oxygen atoms in total. The minimum atomic E-state index is -1.11. The van der Waals surface area contributed by atoms with Crippen LogP contribution in [0.15, 0.2) is 12.3 Å². The number of halogens is 2. The third-order valence-electron chi connectivity index (χ3n) is 1.31. The molecule has 0 atom stereocenters. The molecule has 0 bridgehead atoms. The highest BCUT2D eigenvalue weighted by atomic mass is 19.2. The first kappa shape index (κ1) is 8.07. The first-order valence-electron chi connectivity index (χ1n) is 3.15. The quantitative estimate of drug-likeness (QED) is 0.650. The van der Waals surface area contributed by atoms with Gasteiger partial charge >= 0.3 is 0 Å². The van der Waals surface area contributed by atoms with E-state index in [-0.39, 0.29) is 18.6 Å². The van der Waals surface area contributed by atoms with Gasteiger partial charge in [-0.05, 0) is 18.1 Å². The lowest BCUT2D eigenvalue weighted by Gasteiger charge is -1.98.